The fourth-order valence-electron chi connectivity index (χ4n) is 3.47. The van der Waals surface area contributed by atoms with Gasteiger partial charge in [-0.1, -0.05) is 5.11 Å². The molecular weight excluding hydrogens is 436 g/mol. The van der Waals surface area contributed by atoms with Gasteiger partial charge in [0.2, 0.25) is 5.91 Å². The van der Waals surface area contributed by atoms with Crippen LogP contribution in [0.1, 0.15) is 13.3 Å². The predicted octanol–water partition coefficient (Wildman–Crippen LogP) is -3.53. The van der Waals surface area contributed by atoms with Crippen molar-refractivity contribution in [3.63, 3.8) is 0 Å². The molecule has 0 radical (unpaired) electrons. The van der Waals surface area contributed by atoms with Crippen LogP contribution in [0.2, 0.25) is 0 Å². The number of aliphatic hydroxyl groups is 6. The standard InChI is InChI=1S/C17H30N4O11/c1-7(24)20-10-15(32-17-14(28)13(27)11(25)8(5-22)31-17)12(26)9(6-23)30-16(10)29-4-2-3-19-21-18/h8-17,22-23,25-28H,2-6H2,1H3,(H,20,24)/t8-,9-,10-,11+,12+,13+,14-,15-,16-,17+/m1/s1. The molecule has 0 aliphatic carbocycles. The van der Waals surface area contributed by atoms with Gasteiger partial charge in [-0.25, -0.2) is 0 Å². The predicted molar refractivity (Wildman–Crippen MR) is 103 cm³/mol. The molecule has 0 unspecified atom stereocenters. The van der Waals surface area contributed by atoms with Crippen LogP contribution < -0.4 is 5.32 Å². The van der Waals surface area contributed by atoms with Crippen LogP contribution in [-0.4, -0.2) is 124 Å². The van der Waals surface area contributed by atoms with Crippen molar-refractivity contribution in [3.8, 4) is 0 Å². The molecule has 0 aromatic carbocycles. The van der Waals surface area contributed by atoms with E-state index in [4.69, 9.17) is 24.5 Å². The molecule has 0 spiro atoms. The van der Waals surface area contributed by atoms with Gasteiger partial charge in [-0.05, 0) is 12.0 Å². The van der Waals surface area contributed by atoms with Gasteiger partial charge in [0.25, 0.3) is 0 Å². The number of nitrogens with zero attached hydrogens (tertiary/aromatic N) is 3. The normalized spacial score (nSPS) is 39.8. The van der Waals surface area contributed by atoms with Crippen LogP contribution in [0.25, 0.3) is 10.4 Å². The molecule has 0 aromatic rings. The van der Waals surface area contributed by atoms with Gasteiger partial charge in [-0.2, -0.15) is 0 Å². The minimum absolute atomic E-state index is 0.0424. The minimum atomic E-state index is -1.75. The van der Waals surface area contributed by atoms with Crippen LogP contribution in [0.15, 0.2) is 5.11 Å². The van der Waals surface area contributed by atoms with Crippen molar-refractivity contribution in [2.24, 2.45) is 5.11 Å². The fourth-order valence-corrected chi connectivity index (χ4v) is 3.47. The Morgan fingerprint density at radius 3 is 2.25 bits per heavy atom. The first-order valence-corrected chi connectivity index (χ1v) is 10.0. The summed E-state index contributed by atoms with van der Waals surface area (Å²) in [5.41, 5.74) is 8.33. The molecule has 15 heteroatoms. The van der Waals surface area contributed by atoms with Gasteiger partial charge in [0.05, 0.1) is 13.2 Å². The van der Waals surface area contributed by atoms with Gasteiger partial charge in [0.1, 0.15) is 48.8 Å². The summed E-state index contributed by atoms with van der Waals surface area (Å²) < 4.78 is 22.1. The Bertz CT molecular complexity index is 650. The summed E-state index contributed by atoms with van der Waals surface area (Å²) in [5.74, 6) is -0.529. The van der Waals surface area contributed by atoms with Crippen LogP contribution in [0, 0.1) is 0 Å². The Balaban J connectivity index is 2.22. The van der Waals surface area contributed by atoms with E-state index in [0.717, 1.165) is 0 Å². The molecule has 10 atom stereocenters. The Morgan fingerprint density at radius 2 is 1.66 bits per heavy atom. The summed E-state index contributed by atoms with van der Waals surface area (Å²) >= 11 is 0. The molecule has 0 bridgehead atoms. The number of nitrogens with one attached hydrogen (secondary N) is 1. The number of carbonyl (C=O) groups excluding carboxylic acids is 1. The molecule has 2 heterocycles. The van der Waals surface area contributed by atoms with Crippen molar-refractivity contribution < 1.29 is 54.4 Å². The number of ether oxygens (including phenoxy) is 4. The highest BCUT2D eigenvalue weighted by atomic mass is 16.7. The monoisotopic (exact) mass is 466 g/mol. The average molecular weight is 466 g/mol. The second kappa shape index (κ2) is 12.6. The zero-order valence-electron chi connectivity index (χ0n) is 17.4. The number of hydrogen-bond acceptors (Lipinski definition) is 12. The third kappa shape index (κ3) is 6.46. The van der Waals surface area contributed by atoms with E-state index in [1.807, 2.05) is 0 Å². The highest BCUT2D eigenvalue weighted by molar-refractivity contribution is 5.73. The lowest BCUT2D eigenvalue weighted by Crippen LogP contribution is -2.68. The van der Waals surface area contributed by atoms with Crippen molar-refractivity contribution in [3.05, 3.63) is 10.4 Å². The van der Waals surface area contributed by atoms with Gasteiger partial charge in [0.15, 0.2) is 12.6 Å². The molecule has 7 N–H and O–H groups in total. The second-order valence-electron chi connectivity index (χ2n) is 7.42. The number of carbonyl (C=O) groups is 1. The van der Waals surface area contributed by atoms with Gasteiger partial charge in [-0.3, -0.25) is 4.79 Å². The maximum absolute atomic E-state index is 11.8. The van der Waals surface area contributed by atoms with Gasteiger partial charge in [0, 0.05) is 25.0 Å². The maximum atomic E-state index is 11.8. The zero-order chi connectivity index (χ0) is 23.8. The van der Waals surface area contributed by atoms with Crippen LogP contribution >= 0.6 is 0 Å². The van der Waals surface area contributed by atoms with E-state index in [2.05, 4.69) is 15.3 Å². The molecule has 2 aliphatic rings. The Labute approximate surface area is 183 Å². The third-order valence-corrected chi connectivity index (χ3v) is 5.11. The highest BCUT2D eigenvalue weighted by Gasteiger charge is 2.51. The first-order chi connectivity index (χ1) is 15.2. The van der Waals surface area contributed by atoms with E-state index in [1.54, 1.807) is 0 Å². The molecular formula is C17H30N4O11. The Kier molecular flexibility index (Phi) is 10.5. The molecule has 2 aliphatic heterocycles. The lowest BCUT2D eigenvalue weighted by atomic mass is 9.95. The summed E-state index contributed by atoms with van der Waals surface area (Å²) in [4.78, 5) is 14.4. The molecule has 15 nitrogen and oxygen atoms in total. The van der Waals surface area contributed by atoms with Crippen molar-refractivity contribution in [1.29, 1.82) is 0 Å². The Morgan fingerprint density at radius 1 is 1.03 bits per heavy atom. The summed E-state index contributed by atoms with van der Waals surface area (Å²) in [6.45, 7) is 0.0628. The van der Waals surface area contributed by atoms with E-state index in [1.165, 1.54) is 6.92 Å². The number of aliphatic hydroxyl groups excluding tert-OH is 6. The lowest BCUT2D eigenvalue weighted by molar-refractivity contribution is -0.344. The Hall–Kier alpha value is -1.62. The van der Waals surface area contributed by atoms with E-state index in [9.17, 15) is 35.4 Å². The molecule has 184 valence electrons. The van der Waals surface area contributed by atoms with E-state index < -0.39 is 80.5 Å². The topological polar surface area (TPSA) is 236 Å². The second-order valence-corrected chi connectivity index (χ2v) is 7.42. The minimum Gasteiger partial charge on any atom is -0.394 e. The average Bonchev–Trinajstić information content (AvgIpc) is 2.76. The summed E-state index contributed by atoms with van der Waals surface area (Å²) in [7, 11) is 0. The molecule has 2 saturated heterocycles. The largest absolute Gasteiger partial charge is 0.394 e. The van der Waals surface area contributed by atoms with E-state index in [0.29, 0.717) is 6.42 Å². The molecule has 2 rings (SSSR count). The fraction of sp³-hybridized carbons (Fsp3) is 0.941. The number of amides is 1. The molecule has 1 amide bonds. The zero-order valence-corrected chi connectivity index (χ0v) is 17.4. The van der Waals surface area contributed by atoms with Crippen molar-refractivity contribution >= 4 is 5.91 Å². The van der Waals surface area contributed by atoms with Gasteiger partial charge >= 0.3 is 0 Å². The van der Waals surface area contributed by atoms with E-state index >= 15 is 0 Å². The lowest BCUT2D eigenvalue weighted by Gasteiger charge is -2.47. The number of azide groups is 1. The van der Waals surface area contributed by atoms with Gasteiger partial charge < -0.3 is 54.9 Å². The van der Waals surface area contributed by atoms with Crippen LogP contribution in [0.3, 0.4) is 0 Å². The van der Waals surface area contributed by atoms with Crippen LogP contribution in [0.5, 0.6) is 0 Å². The molecule has 2 fully saturated rings. The molecule has 32 heavy (non-hydrogen) atoms. The van der Waals surface area contributed by atoms with E-state index in [-0.39, 0.29) is 13.2 Å². The summed E-state index contributed by atoms with van der Waals surface area (Å²) in [6.07, 6.45) is -12.9. The summed E-state index contributed by atoms with van der Waals surface area (Å²) in [6, 6.07) is -1.14. The third-order valence-electron chi connectivity index (χ3n) is 5.11. The van der Waals surface area contributed by atoms with Crippen molar-refractivity contribution in [2.75, 3.05) is 26.4 Å². The van der Waals surface area contributed by atoms with Crippen molar-refractivity contribution in [2.45, 2.75) is 74.7 Å². The first-order valence-electron chi connectivity index (χ1n) is 10.0. The SMILES string of the molecule is CC(=O)N[C@H]1[C@H](OCCCN=[N+]=[N-])O[C@H](CO)[C@H](O)[C@@H]1O[C@@H]1O[C@H](CO)[C@H](O)[C@H](O)[C@H]1O. The van der Waals surface area contributed by atoms with Crippen molar-refractivity contribution in [1.82, 2.24) is 5.32 Å². The molecule has 0 aromatic heterocycles. The maximum Gasteiger partial charge on any atom is 0.217 e. The van der Waals surface area contributed by atoms with Gasteiger partial charge in [-0.15, -0.1) is 0 Å². The van der Waals surface area contributed by atoms with Crippen LogP contribution in [-0.2, 0) is 23.7 Å². The first kappa shape index (κ1) is 26.6. The van der Waals surface area contributed by atoms with Crippen LogP contribution in [0.4, 0.5) is 0 Å². The quantitative estimate of drug-likeness (QED) is 0.0720. The number of rotatable bonds is 10. The molecule has 0 saturated carbocycles. The summed E-state index contributed by atoms with van der Waals surface area (Å²) in [5, 5.41) is 65.7. The smallest absolute Gasteiger partial charge is 0.217 e. The number of hydrogen-bond donors (Lipinski definition) is 7. The highest BCUT2D eigenvalue weighted by Crippen LogP contribution is 2.29.